The summed E-state index contributed by atoms with van der Waals surface area (Å²) >= 11 is 1.39. The number of nitrogens with two attached hydrogens (primary N) is 1. The quantitative estimate of drug-likeness (QED) is 0.748. The molecule has 2 aromatic heterocycles. The van der Waals surface area contributed by atoms with Crippen LogP contribution in [0.1, 0.15) is 16.8 Å². The van der Waals surface area contributed by atoms with Gasteiger partial charge in [0.05, 0.1) is 31.3 Å². The zero-order valence-electron chi connectivity index (χ0n) is 14.6. The fourth-order valence-electron chi connectivity index (χ4n) is 3.48. The maximum absolute atomic E-state index is 5.74. The summed E-state index contributed by atoms with van der Waals surface area (Å²) in [6.45, 7) is 3.14. The minimum atomic E-state index is 0.477. The second-order valence-corrected chi connectivity index (χ2v) is 7.51. The molecule has 0 spiro atoms. The largest absolute Gasteiger partial charge is 0.378 e. The van der Waals surface area contributed by atoms with E-state index in [1.165, 1.54) is 22.5 Å². The van der Waals surface area contributed by atoms with Crippen molar-refractivity contribution in [1.29, 1.82) is 0 Å². The Kier molecular flexibility index (Phi) is 4.06. The average Bonchev–Trinajstić information content (AvgIpc) is 3.34. The zero-order valence-corrected chi connectivity index (χ0v) is 15.4. The molecule has 3 heterocycles. The van der Waals surface area contributed by atoms with Gasteiger partial charge in [0.25, 0.3) is 0 Å². The molecule has 0 radical (unpaired) electrons. The number of morpholine rings is 1. The van der Waals surface area contributed by atoms with Gasteiger partial charge in [0, 0.05) is 24.2 Å². The standard InChI is InChI=1S/C19H18N6OS/c20-19-24-23-18(27-19)13-2-1-12-3-4-14(15(12)9-13)16-10-21-11-17(22-16)25-5-7-26-8-6-25/h1-2,4,9-11H,3,5-8H2,(H2,20,24). The Bertz CT molecular complexity index is 1020. The third kappa shape index (κ3) is 3.07. The first-order valence-electron chi connectivity index (χ1n) is 8.86. The Morgan fingerprint density at radius 3 is 2.81 bits per heavy atom. The van der Waals surface area contributed by atoms with Gasteiger partial charge in [-0.1, -0.05) is 29.5 Å². The molecular weight excluding hydrogens is 360 g/mol. The van der Waals surface area contributed by atoms with Gasteiger partial charge in [0.2, 0.25) is 5.13 Å². The van der Waals surface area contributed by atoms with Gasteiger partial charge in [-0.3, -0.25) is 4.98 Å². The first-order valence-corrected chi connectivity index (χ1v) is 9.67. The van der Waals surface area contributed by atoms with Crippen molar-refractivity contribution in [2.75, 3.05) is 36.9 Å². The lowest BCUT2D eigenvalue weighted by Gasteiger charge is -2.27. The minimum absolute atomic E-state index is 0.477. The molecule has 1 aliphatic carbocycles. The van der Waals surface area contributed by atoms with Gasteiger partial charge in [0.1, 0.15) is 10.8 Å². The molecule has 5 rings (SSSR count). The van der Waals surface area contributed by atoms with Crippen LogP contribution in [0.25, 0.3) is 16.1 Å². The van der Waals surface area contributed by atoms with Gasteiger partial charge in [-0.25, -0.2) is 4.98 Å². The lowest BCUT2D eigenvalue weighted by atomic mass is 10.0. The number of fused-ring (bicyclic) bond motifs is 1. The van der Waals surface area contributed by atoms with E-state index in [9.17, 15) is 0 Å². The van der Waals surface area contributed by atoms with Crippen molar-refractivity contribution in [2.24, 2.45) is 0 Å². The van der Waals surface area contributed by atoms with Gasteiger partial charge in [-0.2, -0.15) is 0 Å². The molecule has 1 fully saturated rings. The van der Waals surface area contributed by atoms with Crippen molar-refractivity contribution in [3.05, 3.63) is 53.5 Å². The van der Waals surface area contributed by atoms with E-state index in [0.29, 0.717) is 5.13 Å². The van der Waals surface area contributed by atoms with Crippen LogP contribution in [0.2, 0.25) is 0 Å². The summed E-state index contributed by atoms with van der Waals surface area (Å²) in [5.41, 5.74) is 11.2. The van der Waals surface area contributed by atoms with Gasteiger partial charge in [0.15, 0.2) is 0 Å². The first kappa shape index (κ1) is 16.3. The molecule has 1 saturated heterocycles. The van der Waals surface area contributed by atoms with Crippen LogP contribution >= 0.6 is 11.3 Å². The van der Waals surface area contributed by atoms with Crippen molar-refractivity contribution in [1.82, 2.24) is 20.2 Å². The van der Waals surface area contributed by atoms with Gasteiger partial charge in [-0.05, 0) is 23.6 Å². The second kappa shape index (κ2) is 6.71. The highest BCUT2D eigenvalue weighted by molar-refractivity contribution is 7.18. The van der Waals surface area contributed by atoms with E-state index in [2.05, 4.69) is 44.4 Å². The van der Waals surface area contributed by atoms with E-state index in [4.69, 9.17) is 15.5 Å². The van der Waals surface area contributed by atoms with Crippen molar-refractivity contribution < 1.29 is 4.74 Å². The fraction of sp³-hybridized carbons (Fsp3) is 0.263. The summed E-state index contributed by atoms with van der Waals surface area (Å²) in [5, 5.41) is 9.39. The van der Waals surface area contributed by atoms with Crippen LogP contribution in [0, 0.1) is 0 Å². The zero-order chi connectivity index (χ0) is 18.2. The molecule has 7 nitrogen and oxygen atoms in total. The molecule has 0 amide bonds. The normalized spacial score (nSPS) is 16.3. The van der Waals surface area contributed by atoms with Gasteiger partial charge < -0.3 is 15.4 Å². The van der Waals surface area contributed by atoms with Crippen LogP contribution in [0.5, 0.6) is 0 Å². The van der Waals surface area contributed by atoms with Crippen LogP contribution in [0.4, 0.5) is 10.9 Å². The average molecular weight is 378 g/mol. The smallest absolute Gasteiger partial charge is 0.203 e. The van der Waals surface area contributed by atoms with Crippen LogP contribution < -0.4 is 10.6 Å². The molecular formula is C19H18N6OS. The number of anilines is 2. The Morgan fingerprint density at radius 2 is 2.00 bits per heavy atom. The Balaban J connectivity index is 1.50. The maximum Gasteiger partial charge on any atom is 0.203 e. The number of allylic oxidation sites excluding steroid dienone is 1. The summed E-state index contributed by atoms with van der Waals surface area (Å²) in [6, 6.07) is 6.37. The molecule has 27 heavy (non-hydrogen) atoms. The number of nitrogen functional groups attached to an aromatic ring is 1. The molecule has 1 aliphatic heterocycles. The predicted molar refractivity (Wildman–Crippen MR) is 106 cm³/mol. The number of aromatic nitrogens is 4. The monoisotopic (exact) mass is 378 g/mol. The predicted octanol–water partition coefficient (Wildman–Crippen LogP) is 2.40. The molecule has 0 unspecified atom stereocenters. The Hall–Kier alpha value is -2.84. The minimum Gasteiger partial charge on any atom is -0.378 e. The number of ether oxygens (including phenoxy) is 1. The summed E-state index contributed by atoms with van der Waals surface area (Å²) in [4.78, 5) is 11.5. The molecule has 3 aromatic rings. The van der Waals surface area contributed by atoms with E-state index in [0.717, 1.165) is 60.4 Å². The molecule has 8 heteroatoms. The highest BCUT2D eigenvalue weighted by Gasteiger charge is 2.20. The number of rotatable bonds is 3. The third-order valence-corrected chi connectivity index (χ3v) is 5.65. The van der Waals surface area contributed by atoms with E-state index in [-0.39, 0.29) is 0 Å². The van der Waals surface area contributed by atoms with Crippen molar-refractivity contribution in [3.8, 4) is 10.6 Å². The lowest BCUT2D eigenvalue weighted by molar-refractivity contribution is 0.122. The van der Waals surface area contributed by atoms with Crippen LogP contribution in [-0.2, 0) is 11.2 Å². The topological polar surface area (TPSA) is 90.0 Å². The number of hydrogen-bond acceptors (Lipinski definition) is 8. The van der Waals surface area contributed by atoms with E-state index in [1.54, 1.807) is 0 Å². The van der Waals surface area contributed by atoms with Crippen LogP contribution in [0.15, 0.2) is 36.7 Å². The molecule has 1 aromatic carbocycles. The molecule has 0 bridgehead atoms. The van der Waals surface area contributed by atoms with E-state index < -0.39 is 0 Å². The van der Waals surface area contributed by atoms with Gasteiger partial charge >= 0.3 is 0 Å². The van der Waals surface area contributed by atoms with Crippen LogP contribution in [0.3, 0.4) is 0 Å². The Labute approximate surface area is 160 Å². The SMILES string of the molecule is Nc1nnc(-c2ccc3c(c2)C(c2cncc(N4CCOCC4)n2)=CC3)s1. The number of benzene rings is 1. The second-order valence-electron chi connectivity index (χ2n) is 6.50. The summed E-state index contributed by atoms with van der Waals surface area (Å²) in [5.74, 6) is 0.901. The number of hydrogen-bond donors (Lipinski definition) is 1. The molecule has 136 valence electrons. The summed E-state index contributed by atoms with van der Waals surface area (Å²) < 4.78 is 5.43. The van der Waals surface area contributed by atoms with Crippen molar-refractivity contribution in [3.63, 3.8) is 0 Å². The van der Waals surface area contributed by atoms with Gasteiger partial charge in [-0.15, -0.1) is 10.2 Å². The highest BCUT2D eigenvalue weighted by atomic mass is 32.1. The Morgan fingerprint density at radius 1 is 1.11 bits per heavy atom. The van der Waals surface area contributed by atoms with Crippen LogP contribution in [-0.4, -0.2) is 46.5 Å². The lowest BCUT2D eigenvalue weighted by Crippen LogP contribution is -2.36. The number of nitrogens with zero attached hydrogens (tertiary/aromatic N) is 5. The maximum atomic E-state index is 5.74. The van der Waals surface area contributed by atoms with E-state index >= 15 is 0 Å². The first-order chi connectivity index (χ1) is 13.3. The fourth-order valence-corrected chi connectivity index (χ4v) is 4.09. The van der Waals surface area contributed by atoms with E-state index in [1.807, 2.05) is 12.4 Å². The highest BCUT2D eigenvalue weighted by Crippen LogP contribution is 2.36. The molecule has 0 atom stereocenters. The van der Waals surface area contributed by atoms with Crippen molar-refractivity contribution >= 4 is 27.9 Å². The summed E-state index contributed by atoms with van der Waals surface area (Å²) in [6.07, 6.45) is 6.77. The third-order valence-electron chi connectivity index (χ3n) is 4.85. The summed E-state index contributed by atoms with van der Waals surface area (Å²) in [7, 11) is 0. The molecule has 2 N–H and O–H groups in total. The molecule has 0 saturated carbocycles. The van der Waals surface area contributed by atoms with Crippen molar-refractivity contribution in [2.45, 2.75) is 6.42 Å². The molecule has 2 aliphatic rings.